The summed E-state index contributed by atoms with van der Waals surface area (Å²) in [5.74, 6) is 1.13. The van der Waals surface area contributed by atoms with Crippen LogP contribution in [0.4, 0.5) is 0 Å². The molecular formula is C19H16ClN5O3. The quantitative estimate of drug-likeness (QED) is 0.515. The van der Waals surface area contributed by atoms with Crippen LogP contribution in [0.25, 0.3) is 16.9 Å². The van der Waals surface area contributed by atoms with Gasteiger partial charge in [-0.3, -0.25) is 9.36 Å². The Morgan fingerprint density at radius 3 is 2.50 bits per heavy atom. The Morgan fingerprint density at radius 2 is 1.79 bits per heavy atom. The highest BCUT2D eigenvalue weighted by atomic mass is 35.5. The molecule has 0 aliphatic carbocycles. The third kappa shape index (κ3) is 3.18. The molecule has 0 bridgehead atoms. The summed E-state index contributed by atoms with van der Waals surface area (Å²) in [7, 11) is 3.11. The Labute approximate surface area is 164 Å². The fourth-order valence-corrected chi connectivity index (χ4v) is 3.00. The normalized spacial score (nSPS) is 11.0. The number of methoxy groups -OCH3 is 2. The molecule has 142 valence electrons. The lowest BCUT2D eigenvalue weighted by Crippen LogP contribution is -2.21. The smallest absolute Gasteiger partial charge is 0.283 e. The van der Waals surface area contributed by atoms with Gasteiger partial charge in [-0.1, -0.05) is 28.9 Å². The maximum absolute atomic E-state index is 12.8. The molecule has 28 heavy (non-hydrogen) atoms. The number of benzene rings is 2. The number of ether oxygens (including phenoxy) is 2. The van der Waals surface area contributed by atoms with Crippen LogP contribution in [0.5, 0.6) is 11.5 Å². The highest BCUT2D eigenvalue weighted by Crippen LogP contribution is 2.29. The molecule has 0 saturated heterocycles. The predicted molar refractivity (Wildman–Crippen MR) is 105 cm³/mol. The average Bonchev–Trinajstić information content (AvgIpc) is 3.16. The van der Waals surface area contributed by atoms with Gasteiger partial charge in [0, 0.05) is 11.1 Å². The molecule has 0 aliphatic heterocycles. The van der Waals surface area contributed by atoms with Crippen molar-refractivity contribution in [1.29, 1.82) is 0 Å². The van der Waals surface area contributed by atoms with Crippen LogP contribution in [0.2, 0.25) is 5.02 Å². The Hall–Kier alpha value is -3.39. The molecule has 2 heterocycles. The molecule has 4 aromatic rings. The van der Waals surface area contributed by atoms with Gasteiger partial charge < -0.3 is 9.47 Å². The maximum Gasteiger partial charge on any atom is 0.283 e. The molecule has 0 saturated carbocycles. The van der Waals surface area contributed by atoms with Gasteiger partial charge in [0.1, 0.15) is 6.33 Å². The first-order chi connectivity index (χ1) is 13.6. The van der Waals surface area contributed by atoms with E-state index >= 15 is 0 Å². The number of hydrogen-bond donors (Lipinski definition) is 0. The van der Waals surface area contributed by atoms with Gasteiger partial charge in [-0.25, -0.2) is 4.98 Å². The molecule has 0 spiro atoms. The molecule has 0 N–H and O–H groups in total. The first kappa shape index (κ1) is 18.0. The minimum absolute atomic E-state index is 0.186. The van der Waals surface area contributed by atoms with E-state index in [2.05, 4.69) is 15.3 Å². The standard InChI is InChI=1S/C19H16ClN5O3/c1-27-15-8-7-14(9-16(15)28-2)25-18-17(22-23-25)19(26)24(11-21-18)10-12-3-5-13(20)6-4-12/h3-9,11H,10H2,1-2H3. The van der Waals surface area contributed by atoms with Gasteiger partial charge in [0.15, 0.2) is 22.7 Å². The van der Waals surface area contributed by atoms with Gasteiger partial charge in [0.25, 0.3) is 5.56 Å². The van der Waals surface area contributed by atoms with E-state index in [-0.39, 0.29) is 11.1 Å². The SMILES string of the molecule is COc1ccc(-n2nnc3c(=O)n(Cc4ccc(Cl)cc4)cnc32)cc1OC. The van der Waals surface area contributed by atoms with Crippen LogP contribution in [-0.2, 0) is 6.54 Å². The summed E-state index contributed by atoms with van der Waals surface area (Å²) >= 11 is 5.91. The zero-order valence-corrected chi connectivity index (χ0v) is 15.9. The van der Waals surface area contributed by atoms with E-state index in [1.165, 1.54) is 15.6 Å². The van der Waals surface area contributed by atoms with Crippen LogP contribution in [0.15, 0.2) is 53.6 Å². The van der Waals surface area contributed by atoms with E-state index in [1.807, 2.05) is 12.1 Å². The summed E-state index contributed by atoms with van der Waals surface area (Å²) in [6.07, 6.45) is 1.49. The molecular weight excluding hydrogens is 382 g/mol. The third-order valence-electron chi connectivity index (χ3n) is 4.31. The summed E-state index contributed by atoms with van der Waals surface area (Å²) in [6.45, 7) is 0.363. The highest BCUT2D eigenvalue weighted by Gasteiger charge is 2.15. The van der Waals surface area contributed by atoms with Crippen LogP contribution in [0.1, 0.15) is 5.56 Å². The predicted octanol–water partition coefficient (Wildman–Crippen LogP) is 2.70. The van der Waals surface area contributed by atoms with E-state index in [0.717, 1.165) is 5.56 Å². The zero-order chi connectivity index (χ0) is 19.7. The van der Waals surface area contributed by atoms with Crippen molar-refractivity contribution in [3.8, 4) is 17.2 Å². The van der Waals surface area contributed by atoms with E-state index in [4.69, 9.17) is 21.1 Å². The molecule has 4 rings (SSSR count). The Kier molecular flexibility index (Phi) is 4.70. The molecule has 8 nitrogen and oxygen atoms in total. The number of rotatable bonds is 5. The van der Waals surface area contributed by atoms with E-state index in [9.17, 15) is 4.79 Å². The van der Waals surface area contributed by atoms with Crippen molar-refractivity contribution in [1.82, 2.24) is 24.5 Å². The molecule has 0 aliphatic rings. The van der Waals surface area contributed by atoms with Crippen molar-refractivity contribution in [3.63, 3.8) is 0 Å². The second kappa shape index (κ2) is 7.32. The molecule has 2 aromatic carbocycles. The van der Waals surface area contributed by atoms with Gasteiger partial charge in [0.2, 0.25) is 0 Å². The topological polar surface area (TPSA) is 84.1 Å². The zero-order valence-electron chi connectivity index (χ0n) is 15.2. The first-order valence-electron chi connectivity index (χ1n) is 8.38. The summed E-state index contributed by atoms with van der Waals surface area (Å²) in [5, 5.41) is 8.77. The summed E-state index contributed by atoms with van der Waals surface area (Å²) in [5.41, 5.74) is 1.87. The summed E-state index contributed by atoms with van der Waals surface area (Å²) < 4.78 is 13.5. The number of halogens is 1. The molecule has 9 heteroatoms. The Morgan fingerprint density at radius 1 is 1.04 bits per heavy atom. The number of aromatic nitrogens is 5. The largest absolute Gasteiger partial charge is 0.493 e. The van der Waals surface area contributed by atoms with Crippen molar-refractivity contribution in [2.45, 2.75) is 6.54 Å². The van der Waals surface area contributed by atoms with Crippen molar-refractivity contribution in [2.75, 3.05) is 14.2 Å². The first-order valence-corrected chi connectivity index (χ1v) is 8.76. The molecule has 0 unspecified atom stereocenters. The fourth-order valence-electron chi connectivity index (χ4n) is 2.87. The summed E-state index contributed by atoms with van der Waals surface area (Å²) in [6, 6.07) is 12.6. The van der Waals surface area contributed by atoms with Crippen LogP contribution >= 0.6 is 11.6 Å². The van der Waals surface area contributed by atoms with Crippen molar-refractivity contribution >= 4 is 22.8 Å². The van der Waals surface area contributed by atoms with Gasteiger partial charge in [-0.15, -0.1) is 5.10 Å². The van der Waals surface area contributed by atoms with E-state index in [0.29, 0.717) is 34.4 Å². The van der Waals surface area contributed by atoms with Gasteiger partial charge in [-0.2, -0.15) is 4.68 Å². The second-order valence-corrected chi connectivity index (χ2v) is 6.45. The van der Waals surface area contributed by atoms with E-state index < -0.39 is 0 Å². The minimum Gasteiger partial charge on any atom is -0.493 e. The molecule has 0 amide bonds. The molecule has 0 radical (unpaired) electrons. The Bertz CT molecular complexity index is 1200. The van der Waals surface area contributed by atoms with Crippen molar-refractivity contribution in [2.24, 2.45) is 0 Å². The van der Waals surface area contributed by atoms with Gasteiger partial charge in [0.05, 0.1) is 26.5 Å². The monoisotopic (exact) mass is 397 g/mol. The third-order valence-corrected chi connectivity index (χ3v) is 4.56. The lowest BCUT2D eigenvalue weighted by atomic mass is 10.2. The molecule has 0 atom stereocenters. The minimum atomic E-state index is -0.272. The molecule has 0 fully saturated rings. The van der Waals surface area contributed by atoms with Crippen molar-refractivity contribution in [3.05, 3.63) is 69.7 Å². The maximum atomic E-state index is 12.8. The molecule has 2 aromatic heterocycles. The average molecular weight is 398 g/mol. The van der Waals surface area contributed by atoms with Crippen LogP contribution in [0.3, 0.4) is 0 Å². The summed E-state index contributed by atoms with van der Waals surface area (Å²) in [4.78, 5) is 17.2. The lowest BCUT2D eigenvalue weighted by molar-refractivity contribution is 0.355. The number of hydrogen-bond acceptors (Lipinski definition) is 6. The van der Waals surface area contributed by atoms with Crippen LogP contribution < -0.4 is 15.0 Å². The van der Waals surface area contributed by atoms with Crippen LogP contribution in [-0.4, -0.2) is 38.8 Å². The number of nitrogens with zero attached hydrogens (tertiary/aromatic N) is 5. The highest BCUT2D eigenvalue weighted by molar-refractivity contribution is 6.30. The fraction of sp³-hybridized carbons (Fsp3) is 0.158. The van der Waals surface area contributed by atoms with Crippen molar-refractivity contribution < 1.29 is 9.47 Å². The van der Waals surface area contributed by atoms with E-state index in [1.54, 1.807) is 44.6 Å². The number of fused-ring (bicyclic) bond motifs is 1. The van der Waals surface area contributed by atoms with Gasteiger partial charge >= 0.3 is 0 Å². The van der Waals surface area contributed by atoms with Gasteiger partial charge in [-0.05, 0) is 29.8 Å². The lowest BCUT2D eigenvalue weighted by Gasteiger charge is -2.09. The Balaban J connectivity index is 1.74. The second-order valence-electron chi connectivity index (χ2n) is 6.02. The van der Waals surface area contributed by atoms with Crippen LogP contribution in [0, 0.1) is 0 Å².